The molecule has 6 nitrogen and oxygen atoms in total. The summed E-state index contributed by atoms with van der Waals surface area (Å²) in [4.78, 5) is 12.2. The second-order valence-electron chi connectivity index (χ2n) is 4.61. The number of carbonyl (C=O) groups is 1. The van der Waals surface area contributed by atoms with Crippen molar-refractivity contribution in [1.82, 2.24) is 25.5 Å². The predicted octanol–water partition coefficient (Wildman–Crippen LogP) is 2.25. The summed E-state index contributed by atoms with van der Waals surface area (Å²) >= 11 is 5.83. The van der Waals surface area contributed by atoms with E-state index in [0.717, 1.165) is 11.3 Å². The van der Waals surface area contributed by atoms with Gasteiger partial charge >= 0.3 is 0 Å². The minimum absolute atomic E-state index is 0.162. The average molecular weight is 314 g/mol. The fraction of sp³-hybridized carbons (Fsp3) is 0.0667. The molecule has 0 bridgehead atoms. The summed E-state index contributed by atoms with van der Waals surface area (Å²) in [6.07, 6.45) is 1.48. The molecule has 1 N–H and O–H groups in total. The first kappa shape index (κ1) is 14.2. The normalized spacial score (nSPS) is 10.4. The fourth-order valence-electron chi connectivity index (χ4n) is 1.96. The summed E-state index contributed by atoms with van der Waals surface area (Å²) in [5.74, 6) is -0.162. The van der Waals surface area contributed by atoms with Crippen LogP contribution in [0.3, 0.4) is 0 Å². The molecular formula is C15H12ClN5O. The van der Waals surface area contributed by atoms with E-state index in [1.807, 2.05) is 18.2 Å². The highest BCUT2D eigenvalue weighted by atomic mass is 35.5. The molecule has 1 amide bonds. The Balaban J connectivity index is 1.70. The Hall–Kier alpha value is -2.73. The van der Waals surface area contributed by atoms with Gasteiger partial charge in [0.15, 0.2) is 0 Å². The van der Waals surface area contributed by atoms with Crippen LogP contribution in [0, 0.1) is 0 Å². The number of benzene rings is 2. The van der Waals surface area contributed by atoms with Gasteiger partial charge in [0.05, 0.1) is 5.69 Å². The molecule has 0 radical (unpaired) electrons. The van der Waals surface area contributed by atoms with E-state index in [-0.39, 0.29) is 5.91 Å². The van der Waals surface area contributed by atoms with Crippen molar-refractivity contribution in [2.75, 3.05) is 0 Å². The van der Waals surface area contributed by atoms with Crippen LogP contribution in [0.1, 0.15) is 15.9 Å². The molecule has 7 heteroatoms. The van der Waals surface area contributed by atoms with Gasteiger partial charge in [-0.2, -0.15) is 0 Å². The van der Waals surface area contributed by atoms with Gasteiger partial charge in [0.2, 0.25) is 0 Å². The Morgan fingerprint density at radius 1 is 1.18 bits per heavy atom. The predicted molar refractivity (Wildman–Crippen MR) is 81.8 cm³/mol. The van der Waals surface area contributed by atoms with E-state index in [1.54, 1.807) is 30.3 Å². The van der Waals surface area contributed by atoms with Crippen LogP contribution in [0.2, 0.25) is 5.02 Å². The topological polar surface area (TPSA) is 72.7 Å². The number of aromatic nitrogens is 4. The van der Waals surface area contributed by atoms with Crippen LogP contribution in [0.15, 0.2) is 54.9 Å². The van der Waals surface area contributed by atoms with Crippen molar-refractivity contribution in [2.24, 2.45) is 0 Å². The molecule has 0 spiro atoms. The third-order valence-corrected chi connectivity index (χ3v) is 3.34. The van der Waals surface area contributed by atoms with Crippen LogP contribution in [-0.4, -0.2) is 26.1 Å². The van der Waals surface area contributed by atoms with Crippen molar-refractivity contribution in [2.45, 2.75) is 6.54 Å². The SMILES string of the molecule is O=C(NCc1ccc(Cl)cc1)c1cccc(-n2cnnn2)c1. The highest BCUT2D eigenvalue weighted by molar-refractivity contribution is 6.30. The van der Waals surface area contributed by atoms with Gasteiger partial charge in [-0.25, -0.2) is 4.68 Å². The quantitative estimate of drug-likeness (QED) is 0.802. The number of hydrogen-bond acceptors (Lipinski definition) is 4. The molecule has 0 unspecified atom stereocenters. The van der Waals surface area contributed by atoms with Gasteiger partial charge in [0, 0.05) is 17.1 Å². The summed E-state index contributed by atoms with van der Waals surface area (Å²) in [6.45, 7) is 0.436. The molecule has 2 aromatic carbocycles. The molecule has 0 fully saturated rings. The second-order valence-corrected chi connectivity index (χ2v) is 5.05. The summed E-state index contributed by atoms with van der Waals surface area (Å²) in [6, 6.07) is 14.4. The summed E-state index contributed by atoms with van der Waals surface area (Å²) in [5, 5.41) is 14.5. The Morgan fingerprint density at radius 3 is 2.73 bits per heavy atom. The van der Waals surface area contributed by atoms with E-state index in [1.165, 1.54) is 11.0 Å². The lowest BCUT2D eigenvalue weighted by Crippen LogP contribution is -2.22. The maximum atomic E-state index is 12.2. The van der Waals surface area contributed by atoms with E-state index < -0.39 is 0 Å². The van der Waals surface area contributed by atoms with Gasteiger partial charge in [-0.15, -0.1) is 5.10 Å². The average Bonchev–Trinajstić information content (AvgIpc) is 3.09. The van der Waals surface area contributed by atoms with Gasteiger partial charge in [-0.3, -0.25) is 4.79 Å². The van der Waals surface area contributed by atoms with Crippen LogP contribution < -0.4 is 5.32 Å². The number of halogens is 1. The minimum Gasteiger partial charge on any atom is -0.348 e. The molecule has 3 aromatic rings. The molecule has 0 atom stereocenters. The van der Waals surface area contributed by atoms with Gasteiger partial charge in [0.25, 0.3) is 5.91 Å². The first-order valence-electron chi connectivity index (χ1n) is 6.58. The third-order valence-electron chi connectivity index (χ3n) is 3.09. The molecule has 0 aliphatic carbocycles. The van der Waals surface area contributed by atoms with E-state index in [2.05, 4.69) is 20.8 Å². The van der Waals surface area contributed by atoms with Crippen molar-refractivity contribution in [3.8, 4) is 5.69 Å². The van der Waals surface area contributed by atoms with Crippen LogP contribution >= 0.6 is 11.6 Å². The van der Waals surface area contributed by atoms with Crippen molar-refractivity contribution >= 4 is 17.5 Å². The van der Waals surface area contributed by atoms with Crippen LogP contribution in [0.4, 0.5) is 0 Å². The van der Waals surface area contributed by atoms with Gasteiger partial charge in [-0.1, -0.05) is 29.8 Å². The summed E-state index contributed by atoms with van der Waals surface area (Å²) < 4.78 is 1.50. The maximum absolute atomic E-state index is 12.2. The molecule has 0 aliphatic heterocycles. The molecule has 1 heterocycles. The first-order valence-corrected chi connectivity index (χ1v) is 6.96. The van der Waals surface area contributed by atoms with E-state index in [9.17, 15) is 4.79 Å². The molecule has 0 saturated carbocycles. The first-order chi connectivity index (χ1) is 10.7. The smallest absolute Gasteiger partial charge is 0.251 e. The Kier molecular flexibility index (Phi) is 4.11. The highest BCUT2D eigenvalue weighted by Gasteiger charge is 2.07. The number of amides is 1. The molecule has 110 valence electrons. The van der Waals surface area contributed by atoms with E-state index in [0.29, 0.717) is 17.1 Å². The van der Waals surface area contributed by atoms with Crippen LogP contribution in [0.5, 0.6) is 0 Å². The van der Waals surface area contributed by atoms with E-state index >= 15 is 0 Å². The largest absolute Gasteiger partial charge is 0.348 e. The van der Waals surface area contributed by atoms with Crippen molar-refractivity contribution < 1.29 is 4.79 Å². The number of rotatable bonds is 4. The zero-order valence-corrected chi connectivity index (χ0v) is 12.2. The second kappa shape index (κ2) is 6.36. The highest BCUT2D eigenvalue weighted by Crippen LogP contribution is 2.11. The zero-order chi connectivity index (χ0) is 15.4. The molecule has 22 heavy (non-hydrogen) atoms. The molecule has 0 saturated heterocycles. The standard InChI is InChI=1S/C15H12ClN5O/c16-13-6-4-11(5-7-13)9-17-15(22)12-2-1-3-14(8-12)21-10-18-19-20-21/h1-8,10H,9H2,(H,17,22). The zero-order valence-electron chi connectivity index (χ0n) is 11.5. The van der Waals surface area contributed by atoms with Crippen molar-refractivity contribution in [1.29, 1.82) is 0 Å². The fourth-order valence-corrected chi connectivity index (χ4v) is 2.08. The van der Waals surface area contributed by atoms with Gasteiger partial charge in [-0.05, 0) is 46.3 Å². The molecular weight excluding hydrogens is 302 g/mol. The monoisotopic (exact) mass is 313 g/mol. The lowest BCUT2D eigenvalue weighted by atomic mass is 10.1. The lowest BCUT2D eigenvalue weighted by molar-refractivity contribution is 0.0951. The van der Waals surface area contributed by atoms with Gasteiger partial charge in [0.1, 0.15) is 6.33 Å². The van der Waals surface area contributed by atoms with Crippen LogP contribution in [0.25, 0.3) is 5.69 Å². The summed E-state index contributed by atoms with van der Waals surface area (Å²) in [5.41, 5.74) is 2.25. The van der Waals surface area contributed by atoms with Crippen LogP contribution in [-0.2, 0) is 6.54 Å². The Labute approximate surface area is 131 Å². The number of carbonyl (C=O) groups excluding carboxylic acids is 1. The summed E-state index contributed by atoms with van der Waals surface area (Å²) in [7, 11) is 0. The minimum atomic E-state index is -0.162. The van der Waals surface area contributed by atoms with Gasteiger partial charge < -0.3 is 5.32 Å². The lowest BCUT2D eigenvalue weighted by Gasteiger charge is -2.07. The number of nitrogens with one attached hydrogen (secondary N) is 1. The van der Waals surface area contributed by atoms with Crippen molar-refractivity contribution in [3.63, 3.8) is 0 Å². The molecule has 1 aromatic heterocycles. The van der Waals surface area contributed by atoms with Crippen molar-refractivity contribution in [3.05, 3.63) is 71.0 Å². The molecule has 0 aliphatic rings. The number of nitrogens with zero attached hydrogens (tertiary/aromatic N) is 4. The Bertz CT molecular complexity index is 771. The third kappa shape index (κ3) is 3.29. The maximum Gasteiger partial charge on any atom is 0.251 e. The molecule has 3 rings (SSSR count). The number of tetrazole rings is 1. The number of hydrogen-bond donors (Lipinski definition) is 1. The van der Waals surface area contributed by atoms with E-state index in [4.69, 9.17) is 11.6 Å². The Morgan fingerprint density at radius 2 is 2.00 bits per heavy atom.